The lowest BCUT2D eigenvalue weighted by Gasteiger charge is -2.16. The van der Waals surface area contributed by atoms with Crippen molar-refractivity contribution < 1.29 is 19.4 Å². The van der Waals surface area contributed by atoms with Gasteiger partial charge < -0.3 is 14.6 Å². The monoisotopic (exact) mass is 354 g/mol. The zero-order valence-electron chi connectivity index (χ0n) is 15.6. The predicted octanol–water partition coefficient (Wildman–Crippen LogP) is 5.04. The van der Waals surface area contributed by atoms with Gasteiger partial charge in [0, 0.05) is 11.1 Å². The van der Waals surface area contributed by atoms with E-state index in [2.05, 4.69) is 6.92 Å². The molecule has 26 heavy (non-hydrogen) atoms. The first-order valence-electron chi connectivity index (χ1n) is 9.02. The molecule has 2 rings (SSSR count). The van der Waals surface area contributed by atoms with Gasteiger partial charge in [0.1, 0.15) is 17.2 Å². The van der Waals surface area contributed by atoms with Crippen LogP contribution >= 0.6 is 0 Å². The van der Waals surface area contributed by atoms with Crippen molar-refractivity contribution in [3.8, 4) is 17.2 Å². The summed E-state index contributed by atoms with van der Waals surface area (Å²) >= 11 is 0. The lowest BCUT2D eigenvalue weighted by Crippen LogP contribution is -2.02. The molecule has 0 unspecified atom stereocenters. The molecule has 1 N–H and O–H groups in total. The zero-order valence-corrected chi connectivity index (χ0v) is 15.6. The van der Waals surface area contributed by atoms with Crippen LogP contribution in [0.5, 0.6) is 17.2 Å². The average molecular weight is 354 g/mol. The maximum atomic E-state index is 12.3. The number of ketones is 1. The van der Waals surface area contributed by atoms with Crippen molar-refractivity contribution in [1.29, 1.82) is 0 Å². The van der Waals surface area contributed by atoms with Gasteiger partial charge in [-0.25, -0.2) is 0 Å². The van der Waals surface area contributed by atoms with Crippen molar-refractivity contribution >= 4 is 11.9 Å². The Hall–Kier alpha value is -2.75. The smallest absolute Gasteiger partial charge is 0.185 e. The summed E-state index contributed by atoms with van der Waals surface area (Å²) in [4.78, 5) is 12.3. The number of carbonyl (C=O) groups is 1. The summed E-state index contributed by atoms with van der Waals surface area (Å²) in [5, 5.41) is 9.32. The lowest BCUT2D eigenvalue weighted by atomic mass is 10.0. The predicted molar refractivity (Wildman–Crippen MR) is 104 cm³/mol. The number of benzene rings is 2. The summed E-state index contributed by atoms with van der Waals surface area (Å²) in [6, 6.07) is 10.1. The Morgan fingerprint density at radius 3 is 2.08 bits per heavy atom. The Bertz CT molecular complexity index is 733. The lowest BCUT2D eigenvalue weighted by molar-refractivity contribution is 0.104. The average Bonchev–Trinajstić information content (AvgIpc) is 2.63. The van der Waals surface area contributed by atoms with Crippen molar-refractivity contribution in [2.75, 3.05) is 13.2 Å². The SMILES string of the molecule is CCCc1c(OCC)cc(/C=C/C(=O)c2ccc(O)cc2)cc1OCC. The van der Waals surface area contributed by atoms with Crippen molar-refractivity contribution in [2.24, 2.45) is 0 Å². The van der Waals surface area contributed by atoms with E-state index in [1.165, 1.54) is 18.2 Å². The first-order chi connectivity index (χ1) is 12.6. The van der Waals surface area contributed by atoms with Crippen LogP contribution in [-0.4, -0.2) is 24.1 Å². The summed E-state index contributed by atoms with van der Waals surface area (Å²) < 4.78 is 11.6. The van der Waals surface area contributed by atoms with E-state index in [4.69, 9.17) is 9.47 Å². The number of aromatic hydroxyl groups is 1. The molecule has 2 aromatic carbocycles. The fraction of sp³-hybridized carbons (Fsp3) is 0.318. The molecule has 4 nitrogen and oxygen atoms in total. The molecule has 138 valence electrons. The Balaban J connectivity index is 2.32. The maximum absolute atomic E-state index is 12.3. The second kappa shape index (κ2) is 9.66. The van der Waals surface area contributed by atoms with E-state index < -0.39 is 0 Å². The van der Waals surface area contributed by atoms with Crippen LogP contribution in [0.15, 0.2) is 42.5 Å². The van der Waals surface area contributed by atoms with Gasteiger partial charge in [-0.1, -0.05) is 19.4 Å². The summed E-state index contributed by atoms with van der Waals surface area (Å²) in [6.07, 6.45) is 5.15. The normalized spacial score (nSPS) is 10.9. The first kappa shape index (κ1) is 19.6. The van der Waals surface area contributed by atoms with Gasteiger partial charge in [-0.3, -0.25) is 4.79 Å². The number of hydrogen-bond acceptors (Lipinski definition) is 4. The summed E-state index contributed by atoms with van der Waals surface area (Å²) in [6.45, 7) is 7.17. The molecule has 0 saturated carbocycles. The molecular weight excluding hydrogens is 328 g/mol. The molecule has 0 fully saturated rings. The van der Waals surface area contributed by atoms with Crippen molar-refractivity contribution in [3.05, 3.63) is 59.2 Å². The molecule has 0 radical (unpaired) electrons. The van der Waals surface area contributed by atoms with Crippen LogP contribution in [0.3, 0.4) is 0 Å². The maximum Gasteiger partial charge on any atom is 0.185 e. The van der Waals surface area contributed by atoms with Crippen LogP contribution in [0.1, 0.15) is 48.7 Å². The van der Waals surface area contributed by atoms with Gasteiger partial charge in [-0.15, -0.1) is 0 Å². The van der Waals surface area contributed by atoms with Crippen LogP contribution in [0.4, 0.5) is 0 Å². The Labute approximate surface area is 155 Å². The highest BCUT2D eigenvalue weighted by atomic mass is 16.5. The molecule has 0 amide bonds. The fourth-order valence-corrected chi connectivity index (χ4v) is 2.70. The van der Waals surface area contributed by atoms with Crippen LogP contribution in [-0.2, 0) is 6.42 Å². The topological polar surface area (TPSA) is 55.8 Å². The van der Waals surface area contributed by atoms with E-state index in [-0.39, 0.29) is 11.5 Å². The van der Waals surface area contributed by atoms with Crippen molar-refractivity contribution in [1.82, 2.24) is 0 Å². The molecule has 0 aromatic heterocycles. The van der Waals surface area contributed by atoms with E-state index in [1.54, 1.807) is 18.2 Å². The molecule has 2 aromatic rings. The number of hydrogen-bond donors (Lipinski definition) is 1. The minimum absolute atomic E-state index is 0.126. The highest BCUT2D eigenvalue weighted by Crippen LogP contribution is 2.33. The number of phenolic OH excluding ortho intramolecular Hbond substituents is 1. The number of ether oxygens (including phenoxy) is 2. The van der Waals surface area contributed by atoms with E-state index in [0.717, 1.165) is 35.5 Å². The molecule has 0 heterocycles. The third-order valence-electron chi connectivity index (χ3n) is 3.87. The molecular formula is C22H26O4. The Morgan fingerprint density at radius 2 is 1.58 bits per heavy atom. The van der Waals surface area contributed by atoms with Gasteiger partial charge in [0.2, 0.25) is 0 Å². The Kier molecular flexibility index (Phi) is 7.27. The minimum atomic E-state index is -0.126. The summed E-state index contributed by atoms with van der Waals surface area (Å²) in [5.41, 5.74) is 2.44. The first-order valence-corrected chi connectivity index (χ1v) is 9.02. The molecule has 0 atom stereocenters. The summed E-state index contributed by atoms with van der Waals surface area (Å²) in [5.74, 6) is 1.62. The molecule has 0 spiro atoms. The van der Waals surface area contributed by atoms with E-state index in [9.17, 15) is 9.90 Å². The van der Waals surface area contributed by atoms with Crippen LogP contribution in [0.25, 0.3) is 6.08 Å². The van der Waals surface area contributed by atoms with Gasteiger partial charge in [0.05, 0.1) is 13.2 Å². The highest BCUT2D eigenvalue weighted by molar-refractivity contribution is 6.06. The van der Waals surface area contributed by atoms with E-state index >= 15 is 0 Å². The second-order valence-corrected chi connectivity index (χ2v) is 5.86. The molecule has 0 aliphatic rings. The van der Waals surface area contributed by atoms with Crippen LogP contribution in [0.2, 0.25) is 0 Å². The fourth-order valence-electron chi connectivity index (χ4n) is 2.70. The van der Waals surface area contributed by atoms with Crippen LogP contribution in [0, 0.1) is 0 Å². The number of phenols is 1. The number of carbonyl (C=O) groups excluding carboxylic acids is 1. The Morgan fingerprint density at radius 1 is 1.00 bits per heavy atom. The van der Waals surface area contributed by atoms with Crippen molar-refractivity contribution in [2.45, 2.75) is 33.6 Å². The molecule has 0 aliphatic heterocycles. The summed E-state index contributed by atoms with van der Waals surface area (Å²) in [7, 11) is 0. The third-order valence-corrected chi connectivity index (χ3v) is 3.87. The van der Waals surface area contributed by atoms with Crippen LogP contribution < -0.4 is 9.47 Å². The van der Waals surface area contributed by atoms with E-state index in [0.29, 0.717) is 18.8 Å². The van der Waals surface area contributed by atoms with E-state index in [1.807, 2.05) is 26.0 Å². The van der Waals surface area contributed by atoms with Gasteiger partial charge in [-0.05, 0) is 68.3 Å². The third kappa shape index (κ3) is 5.12. The molecule has 4 heteroatoms. The highest BCUT2D eigenvalue weighted by Gasteiger charge is 2.12. The van der Waals surface area contributed by atoms with Gasteiger partial charge in [0.15, 0.2) is 5.78 Å². The zero-order chi connectivity index (χ0) is 18.9. The number of allylic oxidation sites excluding steroid dienone is 1. The minimum Gasteiger partial charge on any atom is -0.508 e. The molecule has 0 saturated heterocycles. The van der Waals surface area contributed by atoms with Gasteiger partial charge in [-0.2, -0.15) is 0 Å². The quantitative estimate of drug-likeness (QED) is 0.506. The standard InChI is InChI=1S/C22H26O4/c1-4-7-19-21(25-5-2)14-16(15-22(19)26-6-3)8-13-20(24)17-9-11-18(23)12-10-17/h8-15,23H,4-7H2,1-3H3/b13-8+. The second-order valence-electron chi connectivity index (χ2n) is 5.86. The van der Waals surface area contributed by atoms with Gasteiger partial charge in [0.25, 0.3) is 0 Å². The largest absolute Gasteiger partial charge is 0.508 e. The van der Waals surface area contributed by atoms with Crippen molar-refractivity contribution in [3.63, 3.8) is 0 Å². The number of rotatable bonds is 9. The molecule has 0 aliphatic carbocycles. The molecule has 0 bridgehead atoms. The van der Waals surface area contributed by atoms with Gasteiger partial charge >= 0.3 is 0 Å².